The van der Waals surface area contributed by atoms with Crippen LogP contribution in [-0.2, 0) is 0 Å². The van der Waals surface area contributed by atoms with Crippen LogP contribution >= 0.6 is 11.8 Å². The van der Waals surface area contributed by atoms with Crippen LogP contribution in [0, 0.1) is 0 Å². The van der Waals surface area contributed by atoms with Gasteiger partial charge in [-0.15, -0.1) is 0 Å². The molecule has 0 spiro atoms. The number of rotatable bonds is 6. The number of hydrogen-bond donors (Lipinski definition) is 1. The number of nitrogens with zero attached hydrogens (tertiary/aromatic N) is 1. The van der Waals surface area contributed by atoms with E-state index in [9.17, 15) is 4.79 Å². The van der Waals surface area contributed by atoms with Crippen LogP contribution in [0.15, 0.2) is 89.9 Å². The standard InChI is InChI=1S/C25H22N2O2S/c28-24(20-11-13-21(14-12-20)27-25-26-16-5-17-30-25)15-10-19-6-4-9-23(18-19)29-22-7-2-1-3-8-22/h1-4,6-15,18H,5,16-17H2,(H,26,27)/b15-10+. The Hall–Kier alpha value is -3.31. The van der Waals surface area contributed by atoms with Crippen LogP contribution in [0.2, 0.25) is 0 Å². The summed E-state index contributed by atoms with van der Waals surface area (Å²) >= 11 is 1.73. The largest absolute Gasteiger partial charge is 0.457 e. The minimum atomic E-state index is -0.0414. The van der Waals surface area contributed by atoms with Gasteiger partial charge in [0.05, 0.1) is 0 Å². The number of benzene rings is 3. The number of carbonyl (C=O) groups is 1. The minimum Gasteiger partial charge on any atom is -0.457 e. The number of aliphatic imine (C=N–C) groups is 1. The van der Waals surface area contributed by atoms with Crippen molar-refractivity contribution < 1.29 is 9.53 Å². The highest BCUT2D eigenvalue weighted by Crippen LogP contribution is 2.22. The van der Waals surface area contributed by atoms with Crippen molar-refractivity contribution in [3.8, 4) is 11.5 Å². The molecule has 3 aromatic rings. The number of anilines is 1. The Labute approximate surface area is 180 Å². The van der Waals surface area contributed by atoms with E-state index in [2.05, 4.69) is 10.3 Å². The summed E-state index contributed by atoms with van der Waals surface area (Å²) in [4.78, 5) is 17.0. The summed E-state index contributed by atoms with van der Waals surface area (Å²) in [6.07, 6.45) is 4.52. The Balaban J connectivity index is 1.38. The first kappa shape index (κ1) is 20.0. The third-order valence-corrected chi connectivity index (χ3v) is 5.48. The van der Waals surface area contributed by atoms with Crippen molar-refractivity contribution in [1.82, 2.24) is 0 Å². The van der Waals surface area contributed by atoms with Crippen molar-refractivity contribution in [3.05, 3.63) is 96.1 Å². The summed E-state index contributed by atoms with van der Waals surface area (Å²) in [5.74, 6) is 2.56. The first-order valence-electron chi connectivity index (χ1n) is 9.86. The fourth-order valence-electron chi connectivity index (χ4n) is 2.95. The zero-order valence-electron chi connectivity index (χ0n) is 16.5. The smallest absolute Gasteiger partial charge is 0.185 e. The second-order valence-electron chi connectivity index (χ2n) is 6.78. The Kier molecular flexibility index (Phi) is 6.62. The maximum absolute atomic E-state index is 12.5. The lowest BCUT2D eigenvalue weighted by Gasteiger charge is -2.13. The summed E-state index contributed by atoms with van der Waals surface area (Å²) in [5.41, 5.74) is 2.49. The van der Waals surface area contributed by atoms with Gasteiger partial charge in [-0.2, -0.15) is 0 Å². The molecule has 0 aromatic heterocycles. The van der Waals surface area contributed by atoms with Crippen molar-refractivity contribution in [2.24, 2.45) is 4.99 Å². The van der Waals surface area contributed by atoms with Gasteiger partial charge in [0, 0.05) is 23.5 Å². The van der Waals surface area contributed by atoms with E-state index in [-0.39, 0.29) is 5.78 Å². The highest BCUT2D eigenvalue weighted by Gasteiger charge is 2.07. The van der Waals surface area contributed by atoms with Gasteiger partial charge in [0.1, 0.15) is 11.5 Å². The zero-order valence-corrected chi connectivity index (χ0v) is 17.3. The van der Waals surface area contributed by atoms with E-state index >= 15 is 0 Å². The monoisotopic (exact) mass is 414 g/mol. The molecule has 0 saturated carbocycles. The number of allylic oxidation sites excluding steroid dienone is 1. The van der Waals surface area contributed by atoms with Gasteiger partial charge in [0.25, 0.3) is 0 Å². The van der Waals surface area contributed by atoms with Crippen LogP contribution in [0.1, 0.15) is 22.3 Å². The quantitative estimate of drug-likeness (QED) is 0.381. The first-order chi connectivity index (χ1) is 14.8. The topological polar surface area (TPSA) is 50.7 Å². The lowest BCUT2D eigenvalue weighted by Crippen LogP contribution is -2.13. The van der Waals surface area contributed by atoms with E-state index in [4.69, 9.17) is 4.74 Å². The van der Waals surface area contributed by atoms with Crippen LogP contribution in [-0.4, -0.2) is 23.2 Å². The zero-order chi connectivity index (χ0) is 20.6. The molecular weight excluding hydrogens is 392 g/mol. The first-order valence-corrected chi connectivity index (χ1v) is 10.8. The van der Waals surface area contributed by atoms with Gasteiger partial charge in [-0.1, -0.05) is 48.2 Å². The van der Waals surface area contributed by atoms with Gasteiger partial charge < -0.3 is 10.1 Å². The minimum absolute atomic E-state index is 0.0414. The molecule has 0 bridgehead atoms. The number of nitrogens with one attached hydrogen (secondary N) is 1. The Morgan fingerprint density at radius 3 is 2.53 bits per heavy atom. The number of carbonyl (C=O) groups excluding carboxylic acids is 1. The van der Waals surface area contributed by atoms with E-state index in [0.29, 0.717) is 5.56 Å². The van der Waals surface area contributed by atoms with Crippen molar-refractivity contribution in [2.45, 2.75) is 6.42 Å². The molecule has 1 aliphatic heterocycles. The summed E-state index contributed by atoms with van der Waals surface area (Å²) < 4.78 is 5.85. The molecule has 30 heavy (non-hydrogen) atoms. The third kappa shape index (κ3) is 5.61. The highest BCUT2D eigenvalue weighted by atomic mass is 32.2. The Bertz CT molecular complexity index is 1060. The SMILES string of the molecule is O=C(/C=C/c1cccc(Oc2ccccc2)c1)c1ccc(NC2=NCCCS2)cc1. The van der Waals surface area contributed by atoms with Gasteiger partial charge in [-0.25, -0.2) is 0 Å². The molecule has 3 aromatic carbocycles. The molecule has 4 rings (SSSR count). The van der Waals surface area contributed by atoms with Crippen LogP contribution in [0.4, 0.5) is 5.69 Å². The van der Waals surface area contributed by atoms with Gasteiger partial charge >= 0.3 is 0 Å². The van der Waals surface area contributed by atoms with E-state index in [1.165, 1.54) is 0 Å². The molecular formula is C25H22N2O2S. The van der Waals surface area contributed by atoms with Crippen LogP contribution < -0.4 is 10.1 Å². The summed E-state index contributed by atoms with van der Waals surface area (Å²) in [7, 11) is 0. The number of para-hydroxylation sites is 1. The van der Waals surface area contributed by atoms with E-state index in [1.54, 1.807) is 23.9 Å². The summed E-state index contributed by atoms with van der Waals surface area (Å²) in [5, 5.41) is 4.24. The number of thioether (sulfide) groups is 1. The lowest BCUT2D eigenvalue weighted by molar-refractivity contribution is 0.104. The second kappa shape index (κ2) is 9.94. The number of hydrogen-bond acceptors (Lipinski definition) is 5. The van der Waals surface area contributed by atoms with Gasteiger partial charge in [-0.05, 0) is 66.6 Å². The molecule has 1 aliphatic rings. The van der Waals surface area contributed by atoms with Crippen molar-refractivity contribution in [2.75, 3.05) is 17.6 Å². The molecule has 0 aliphatic carbocycles. The van der Waals surface area contributed by atoms with E-state index < -0.39 is 0 Å². The van der Waals surface area contributed by atoms with Gasteiger partial charge in [0.2, 0.25) is 0 Å². The van der Waals surface area contributed by atoms with Crippen LogP contribution in [0.25, 0.3) is 6.08 Å². The predicted molar refractivity (Wildman–Crippen MR) is 126 cm³/mol. The van der Waals surface area contributed by atoms with E-state index in [1.807, 2.05) is 78.9 Å². The molecule has 0 radical (unpaired) electrons. The average molecular weight is 415 g/mol. The predicted octanol–water partition coefficient (Wildman–Crippen LogP) is 6.28. The van der Waals surface area contributed by atoms with Gasteiger partial charge in [-0.3, -0.25) is 9.79 Å². The highest BCUT2D eigenvalue weighted by molar-refractivity contribution is 8.14. The van der Waals surface area contributed by atoms with Crippen LogP contribution in [0.3, 0.4) is 0 Å². The average Bonchev–Trinajstić information content (AvgIpc) is 2.80. The van der Waals surface area contributed by atoms with Gasteiger partial charge in [0.15, 0.2) is 11.0 Å². The number of ether oxygens (including phenoxy) is 1. The maximum Gasteiger partial charge on any atom is 0.185 e. The second-order valence-corrected chi connectivity index (χ2v) is 7.86. The molecule has 4 nitrogen and oxygen atoms in total. The normalized spacial score (nSPS) is 13.7. The summed E-state index contributed by atoms with van der Waals surface area (Å²) in [6, 6.07) is 24.8. The molecule has 0 fully saturated rings. The number of ketones is 1. The van der Waals surface area contributed by atoms with E-state index in [0.717, 1.165) is 46.6 Å². The lowest BCUT2D eigenvalue weighted by atomic mass is 10.1. The molecule has 0 atom stereocenters. The van der Waals surface area contributed by atoms with Crippen molar-refractivity contribution in [3.63, 3.8) is 0 Å². The molecule has 1 heterocycles. The molecule has 0 amide bonds. The third-order valence-electron chi connectivity index (χ3n) is 4.48. The molecule has 150 valence electrons. The molecule has 5 heteroatoms. The Morgan fingerprint density at radius 1 is 0.967 bits per heavy atom. The molecule has 0 unspecified atom stereocenters. The van der Waals surface area contributed by atoms with Crippen LogP contribution in [0.5, 0.6) is 11.5 Å². The maximum atomic E-state index is 12.5. The molecule has 1 N–H and O–H groups in total. The summed E-state index contributed by atoms with van der Waals surface area (Å²) in [6.45, 7) is 0.869. The fourth-order valence-corrected chi connectivity index (χ4v) is 3.79. The molecule has 0 saturated heterocycles. The Morgan fingerprint density at radius 2 is 1.77 bits per heavy atom. The number of amidine groups is 1. The van der Waals surface area contributed by atoms with Crippen molar-refractivity contribution >= 4 is 34.5 Å². The van der Waals surface area contributed by atoms with Crippen molar-refractivity contribution in [1.29, 1.82) is 0 Å². The fraction of sp³-hybridized carbons (Fsp3) is 0.120.